The van der Waals surface area contributed by atoms with Crippen molar-refractivity contribution in [3.8, 4) is 0 Å². The van der Waals surface area contributed by atoms with Gasteiger partial charge in [-0.1, -0.05) is 64.8 Å². The molecule has 2 atom stereocenters. The van der Waals surface area contributed by atoms with Gasteiger partial charge in [0.15, 0.2) is 0 Å². The third-order valence-electron chi connectivity index (χ3n) is 4.92. The van der Waals surface area contributed by atoms with Crippen LogP contribution in [0.2, 0.25) is 0 Å². The minimum atomic E-state index is -0.695. The highest BCUT2D eigenvalue weighted by atomic mass is 16.4. The zero-order valence-corrected chi connectivity index (χ0v) is 13.1. The summed E-state index contributed by atoms with van der Waals surface area (Å²) in [5.41, 5.74) is 1.56. The molecule has 20 heavy (non-hydrogen) atoms. The molecule has 2 heteroatoms. The number of carbonyl (C=O) groups is 1. The third-order valence-corrected chi connectivity index (χ3v) is 4.92. The number of carboxylic acid groups (broad SMARTS) is 1. The van der Waals surface area contributed by atoms with Gasteiger partial charge in [-0.05, 0) is 35.3 Å². The number of carboxylic acids is 1. The van der Waals surface area contributed by atoms with E-state index in [2.05, 4.69) is 39.8 Å². The molecule has 0 heterocycles. The molecule has 110 valence electrons. The lowest BCUT2D eigenvalue weighted by atomic mass is 9.62. The Morgan fingerprint density at radius 3 is 2.55 bits per heavy atom. The molecule has 0 aliphatic heterocycles. The molecule has 0 bridgehead atoms. The van der Waals surface area contributed by atoms with Gasteiger partial charge < -0.3 is 5.11 Å². The van der Waals surface area contributed by atoms with Gasteiger partial charge >= 0.3 is 5.97 Å². The van der Waals surface area contributed by atoms with Gasteiger partial charge in [0, 0.05) is 0 Å². The van der Waals surface area contributed by atoms with Crippen molar-refractivity contribution < 1.29 is 9.90 Å². The fourth-order valence-electron chi connectivity index (χ4n) is 3.48. The highest BCUT2D eigenvalue weighted by Gasteiger charge is 2.46. The van der Waals surface area contributed by atoms with Gasteiger partial charge in [0.05, 0.1) is 5.41 Å². The second-order valence-electron chi connectivity index (χ2n) is 7.25. The largest absolute Gasteiger partial charge is 0.481 e. The predicted octanol–water partition coefficient (Wildman–Crippen LogP) is 4.52. The Morgan fingerprint density at radius 1 is 1.30 bits per heavy atom. The first kappa shape index (κ1) is 15.1. The molecular formula is C18H26O2. The molecule has 1 aliphatic carbocycles. The first-order chi connectivity index (χ1) is 9.28. The summed E-state index contributed by atoms with van der Waals surface area (Å²) in [6.07, 6.45) is 3.93. The van der Waals surface area contributed by atoms with Crippen molar-refractivity contribution in [3.63, 3.8) is 0 Å². The van der Waals surface area contributed by atoms with E-state index in [9.17, 15) is 9.90 Å². The van der Waals surface area contributed by atoms with Crippen LogP contribution in [0.4, 0.5) is 0 Å². The van der Waals surface area contributed by atoms with Crippen LogP contribution in [0.5, 0.6) is 0 Å². The number of hydrogen-bond acceptors (Lipinski definition) is 1. The van der Waals surface area contributed by atoms with Crippen molar-refractivity contribution in [1.29, 1.82) is 0 Å². The van der Waals surface area contributed by atoms with E-state index >= 15 is 0 Å². The number of benzene rings is 1. The van der Waals surface area contributed by atoms with Crippen LogP contribution in [0, 0.1) is 5.92 Å². The zero-order chi connectivity index (χ0) is 15.0. The van der Waals surface area contributed by atoms with Crippen molar-refractivity contribution >= 4 is 5.97 Å². The standard InChI is InChI=1S/C18H26O2/c1-13-8-5-6-11-18(13,16(19)20)15-10-7-9-14(12-15)17(2,3)4/h7,9-10,12-13H,5-6,8,11H2,1-4H3,(H,19,20). The van der Waals surface area contributed by atoms with Gasteiger partial charge in [0.25, 0.3) is 0 Å². The van der Waals surface area contributed by atoms with E-state index in [1.54, 1.807) is 0 Å². The van der Waals surface area contributed by atoms with E-state index in [0.29, 0.717) is 0 Å². The molecule has 1 aromatic carbocycles. The number of aliphatic carboxylic acids is 1. The molecule has 2 unspecified atom stereocenters. The Balaban J connectivity index is 2.53. The summed E-state index contributed by atoms with van der Waals surface area (Å²) in [5.74, 6) is -0.459. The van der Waals surface area contributed by atoms with Crippen molar-refractivity contribution in [1.82, 2.24) is 0 Å². The van der Waals surface area contributed by atoms with E-state index < -0.39 is 11.4 Å². The Morgan fingerprint density at radius 2 is 2.00 bits per heavy atom. The van der Waals surface area contributed by atoms with Crippen LogP contribution >= 0.6 is 0 Å². The lowest BCUT2D eigenvalue weighted by Gasteiger charge is -2.40. The van der Waals surface area contributed by atoms with Crippen LogP contribution < -0.4 is 0 Å². The lowest BCUT2D eigenvalue weighted by Crippen LogP contribution is -2.44. The maximum Gasteiger partial charge on any atom is 0.314 e. The number of hydrogen-bond donors (Lipinski definition) is 1. The molecule has 1 aromatic rings. The van der Waals surface area contributed by atoms with E-state index in [1.807, 2.05) is 12.1 Å². The lowest BCUT2D eigenvalue weighted by molar-refractivity contribution is -0.147. The van der Waals surface area contributed by atoms with Crippen LogP contribution in [-0.4, -0.2) is 11.1 Å². The molecule has 0 aromatic heterocycles. The van der Waals surface area contributed by atoms with Crippen molar-refractivity contribution in [3.05, 3.63) is 35.4 Å². The smallest absolute Gasteiger partial charge is 0.314 e. The normalized spacial score (nSPS) is 27.3. The highest BCUT2D eigenvalue weighted by molar-refractivity contribution is 5.82. The Kier molecular flexibility index (Phi) is 3.95. The molecule has 0 amide bonds. The summed E-state index contributed by atoms with van der Waals surface area (Å²) in [4.78, 5) is 12.0. The highest BCUT2D eigenvalue weighted by Crippen LogP contribution is 2.44. The SMILES string of the molecule is CC1CCCCC1(C(=O)O)c1cccc(C(C)(C)C)c1. The third kappa shape index (κ3) is 2.48. The predicted molar refractivity (Wildman–Crippen MR) is 82.1 cm³/mol. The molecule has 2 rings (SSSR count). The minimum Gasteiger partial charge on any atom is -0.481 e. The van der Waals surface area contributed by atoms with E-state index in [-0.39, 0.29) is 11.3 Å². The molecule has 0 spiro atoms. The second-order valence-corrected chi connectivity index (χ2v) is 7.25. The maximum atomic E-state index is 12.0. The number of rotatable bonds is 2. The van der Waals surface area contributed by atoms with Gasteiger partial charge in [-0.15, -0.1) is 0 Å². The fraction of sp³-hybridized carbons (Fsp3) is 0.611. The summed E-state index contributed by atoms with van der Waals surface area (Å²) >= 11 is 0. The molecule has 0 saturated heterocycles. The Bertz CT molecular complexity index is 498. The minimum absolute atomic E-state index is 0.0492. The van der Waals surface area contributed by atoms with Crippen LogP contribution in [-0.2, 0) is 15.6 Å². The average Bonchev–Trinajstić information content (AvgIpc) is 2.38. The van der Waals surface area contributed by atoms with Gasteiger partial charge in [0.2, 0.25) is 0 Å². The molecule has 1 aliphatic rings. The Labute approximate surface area is 122 Å². The van der Waals surface area contributed by atoms with Crippen LogP contribution in [0.1, 0.15) is 64.5 Å². The van der Waals surface area contributed by atoms with Gasteiger partial charge in [-0.3, -0.25) is 4.79 Å². The molecule has 2 nitrogen and oxygen atoms in total. The molecule has 1 saturated carbocycles. The van der Waals surface area contributed by atoms with Crippen molar-refractivity contribution in [2.75, 3.05) is 0 Å². The summed E-state index contributed by atoms with van der Waals surface area (Å²) in [6.45, 7) is 8.61. The monoisotopic (exact) mass is 274 g/mol. The quantitative estimate of drug-likeness (QED) is 0.861. The summed E-state index contributed by atoms with van der Waals surface area (Å²) < 4.78 is 0. The van der Waals surface area contributed by atoms with Crippen molar-refractivity contribution in [2.45, 2.75) is 64.2 Å². The summed E-state index contributed by atoms with van der Waals surface area (Å²) in [5, 5.41) is 9.91. The van der Waals surface area contributed by atoms with E-state index in [0.717, 1.165) is 31.2 Å². The fourth-order valence-corrected chi connectivity index (χ4v) is 3.48. The van der Waals surface area contributed by atoms with Gasteiger partial charge in [-0.25, -0.2) is 0 Å². The van der Waals surface area contributed by atoms with Crippen LogP contribution in [0.15, 0.2) is 24.3 Å². The van der Waals surface area contributed by atoms with E-state index in [4.69, 9.17) is 0 Å². The zero-order valence-electron chi connectivity index (χ0n) is 13.1. The Hall–Kier alpha value is -1.31. The molecule has 0 radical (unpaired) electrons. The second kappa shape index (κ2) is 5.23. The molecule has 1 N–H and O–H groups in total. The van der Waals surface area contributed by atoms with Gasteiger partial charge in [-0.2, -0.15) is 0 Å². The first-order valence-electron chi connectivity index (χ1n) is 7.63. The maximum absolute atomic E-state index is 12.0. The van der Waals surface area contributed by atoms with Crippen LogP contribution in [0.25, 0.3) is 0 Å². The molecule has 1 fully saturated rings. The van der Waals surface area contributed by atoms with Crippen LogP contribution in [0.3, 0.4) is 0 Å². The first-order valence-corrected chi connectivity index (χ1v) is 7.63. The molecular weight excluding hydrogens is 248 g/mol. The van der Waals surface area contributed by atoms with Crippen molar-refractivity contribution in [2.24, 2.45) is 5.92 Å². The topological polar surface area (TPSA) is 37.3 Å². The summed E-state index contributed by atoms with van der Waals surface area (Å²) in [7, 11) is 0. The average molecular weight is 274 g/mol. The summed E-state index contributed by atoms with van der Waals surface area (Å²) in [6, 6.07) is 8.25. The van der Waals surface area contributed by atoms with E-state index in [1.165, 1.54) is 5.56 Å². The van der Waals surface area contributed by atoms with Gasteiger partial charge in [0.1, 0.15) is 0 Å².